The summed E-state index contributed by atoms with van der Waals surface area (Å²) in [6.07, 6.45) is 2.28. The van der Waals surface area contributed by atoms with E-state index in [1.807, 2.05) is 0 Å². The molecule has 7 nitrogen and oxygen atoms in total. The molecule has 0 aliphatic carbocycles. The predicted molar refractivity (Wildman–Crippen MR) is 82.6 cm³/mol. The molecule has 0 aliphatic heterocycles. The lowest BCUT2D eigenvalue weighted by atomic mass is 10.2. The van der Waals surface area contributed by atoms with Crippen LogP contribution in [0.15, 0.2) is 41.7 Å². The molecule has 9 heteroatoms. The van der Waals surface area contributed by atoms with E-state index in [9.17, 15) is 18.5 Å². The van der Waals surface area contributed by atoms with Crippen LogP contribution in [-0.4, -0.2) is 29.6 Å². The molecule has 0 atom stereocenters. The smallest absolute Gasteiger partial charge is 0.258 e. The number of thiophene rings is 1. The van der Waals surface area contributed by atoms with Crippen LogP contribution in [0.5, 0.6) is 0 Å². The molecule has 3 rings (SSSR count). The van der Waals surface area contributed by atoms with Gasteiger partial charge in [0.1, 0.15) is 4.88 Å². The summed E-state index contributed by atoms with van der Waals surface area (Å²) in [5, 5.41) is 11.6. The maximum absolute atomic E-state index is 11.6. The van der Waals surface area contributed by atoms with E-state index >= 15 is 0 Å². The summed E-state index contributed by atoms with van der Waals surface area (Å²) in [5.74, 6) is 0. The van der Waals surface area contributed by atoms with E-state index in [1.54, 1.807) is 24.3 Å². The molecule has 0 saturated heterocycles. The summed E-state index contributed by atoms with van der Waals surface area (Å²) in [5.41, 5.74) is 0.155. The van der Waals surface area contributed by atoms with E-state index in [0.29, 0.717) is 10.3 Å². The average Bonchev–Trinajstić information content (AvgIpc) is 2.86. The Morgan fingerprint density at radius 3 is 2.64 bits per heavy atom. The van der Waals surface area contributed by atoms with Gasteiger partial charge in [-0.15, -0.1) is 11.3 Å². The molecular formula is C13H9N3O4S2. The van der Waals surface area contributed by atoms with Crippen LogP contribution in [0.4, 0.5) is 5.69 Å². The van der Waals surface area contributed by atoms with Crippen LogP contribution < -0.4 is 0 Å². The van der Waals surface area contributed by atoms with Crippen molar-refractivity contribution in [3.63, 3.8) is 0 Å². The van der Waals surface area contributed by atoms with Crippen LogP contribution in [0.2, 0.25) is 0 Å². The summed E-state index contributed by atoms with van der Waals surface area (Å²) in [6, 6.07) is 8.40. The molecule has 3 aromatic rings. The lowest BCUT2D eigenvalue weighted by Gasteiger charge is -2.00. The van der Waals surface area contributed by atoms with Crippen molar-refractivity contribution < 1.29 is 13.3 Å². The second-order valence-electron chi connectivity index (χ2n) is 4.53. The van der Waals surface area contributed by atoms with Crippen molar-refractivity contribution in [1.82, 2.24) is 9.97 Å². The lowest BCUT2D eigenvalue weighted by molar-refractivity contribution is -0.382. The van der Waals surface area contributed by atoms with Crippen molar-refractivity contribution in [2.45, 2.75) is 5.16 Å². The van der Waals surface area contributed by atoms with E-state index in [1.165, 1.54) is 23.6 Å². The SMILES string of the molecule is CS(=O)(=O)c1nccc(-c2sc3ccccc3c2[N+](=O)[O-])n1. The van der Waals surface area contributed by atoms with Crippen molar-refractivity contribution in [3.05, 3.63) is 46.6 Å². The lowest BCUT2D eigenvalue weighted by Crippen LogP contribution is -2.04. The molecule has 0 fully saturated rings. The Bertz CT molecular complexity index is 995. The Hall–Kier alpha value is -2.39. The maximum Gasteiger partial charge on any atom is 0.297 e. The molecule has 2 aromatic heterocycles. The highest BCUT2D eigenvalue weighted by Crippen LogP contribution is 2.43. The Morgan fingerprint density at radius 2 is 1.95 bits per heavy atom. The van der Waals surface area contributed by atoms with E-state index in [0.717, 1.165) is 11.0 Å². The summed E-state index contributed by atoms with van der Waals surface area (Å²) >= 11 is 1.20. The Labute approximate surface area is 129 Å². The molecule has 22 heavy (non-hydrogen) atoms. The van der Waals surface area contributed by atoms with Crippen molar-refractivity contribution in [2.24, 2.45) is 0 Å². The highest BCUT2D eigenvalue weighted by molar-refractivity contribution is 7.90. The number of hydrogen-bond acceptors (Lipinski definition) is 7. The van der Waals surface area contributed by atoms with Gasteiger partial charge in [0.15, 0.2) is 0 Å². The van der Waals surface area contributed by atoms with Crippen molar-refractivity contribution in [3.8, 4) is 10.6 Å². The summed E-state index contributed by atoms with van der Waals surface area (Å²) in [4.78, 5) is 18.9. The van der Waals surface area contributed by atoms with Gasteiger partial charge >= 0.3 is 0 Å². The Kier molecular flexibility index (Phi) is 3.38. The van der Waals surface area contributed by atoms with Gasteiger partial charge in [0.2, 0.25) is 15.0 Å². The first-order valence-corrected chi connectivity index (χ1v) is 8.78. The number of nitro groups is 1. The summed E-state index contributed by atoms with van der Waals surface area (Å²) < 4.78 is 23.8. The topological polar surface area (TPSA) is 103 Å². The van der Waals surface area contributed by atoms with Gasteiger partial charge in [-0.25, -0.2) is 18.4 Å². The number of nitrogens with zero attached hydrogens (tertiary/aromatic N) is 3. The molecule has 0 N–H and O–H groups in total. The van der Waals surface area contributed by atoms with Crippen LogP contribution in [0.1, 0.15) is 0 Å². The number of rotatable bonds is 3. The molecule has 0 aliphatic rings. The minimum Gasteiger partial charge on any atom is -0.258 e. The molecule has 0 saturated carbocycles. The molecular weight excluding hydrogens is 326 g/mol. The zero-order valence-corrected chi connectivity index (χ0v) is 12.9. The molecule has 1 aromatic carbocycles. The third-order valence-electron chi connectivity index (χ3n) is 2.95. The zero-order valence-electron chi connectivity index (χ0n) is 11.3. The fraction of sp³-hybridized carbons (Fsp3) is 0.0769. The van der Waals surface area contributed by atoms with Crippen molar-refractivity contribution >= 4 is 36.9 Å². The minimum absolute atomic E-state index is 0.0706. The molecule has 0 amide bonds. The van der Waals surface area contributed by atoms with Crippen LogP contribution >= 0.6 is 11.3 Å². The van der Waals surface area contributed by atoms with Crippen molar-refractivity contribution in [1.29, 1.82) is 0 Å². The van der Waals surface area contributed by atoms with Gasteiger partial charge in [-0.2, -0.15) is 0 Å². The standard InChI is InChI=1S/C13H9N3O4S2/c1-22(19,20)13-14-7-6-9(15-13)12-11(16(17)18)8-4-2-3-5-10(8)21-12/h2-7H,1H3. The van der Waals surface area contributed by atoms with E-state index in [-0.39, 0.29) is 16.5 Å². The molecule has 0 unspecified atom stereocenters. The molecule has 112 valence electrons. The second kappa shape index (κ2) is 5.11. The fourth-order valence-corrected chi connectivity index (χ4v) is 3.69. The minimum atomic E-state index is -3.58. The predicted octanol–water partition coefficient (Wildman–Crippen LogP) is 2.67. The molecule has 0 spiro atoms. The maximum atomic E-state index is 11.6. The quantitative estimate of drug-likeness (QED) is 0.414. The first-order chi connectivity index (χ1) is 10.4. The Balaban J connectivity index is 2.31. The largest absolute Gasteiger partial charge is 0.297 e. The number of benzene rings is 1. The van der Waals surface area contributed by atoms with Gasteiger partial charge in [0.25, 0.3) is 5.69 Å². The molecule has 0 radical (unpaired) electrons. The van der Waals surface area contributed by atoms with E-state index in [4.69, 9.17) is 0 Å². The summed E-state index contributed by atoms with van der Waals surface area (Å²) in [6.45, 7) is 0. The highest BCUT2D eigenvalue weighted by atomic mass is 32.2. The van der Waals surface area contributed by atoms with Crippen LogP contribution in [0, 0.1) is 10.1 Å². The van der Waals surface area contributed by atoms with Gasteiger partial charge in [-0.3, -0.25) is 10.1 Å². The first kappa shape index (κ1) is 14.5. The normalized spacial score (nSPS) is 11.7. The number of fused-ring (bicyclic) bond motifs is 1. The first-order valence-electron chi connectivity index (χ1n) is 6.07. The van der Waals surface area contributed by atoms with Gasteiger partial charge in [-0.1, -0.05) is 12.1 Å². The summed E-state index contributed by atoms with van der Waals surface area (Å²) in [7, 11) is -3.58. The second-order valence-corrected chi connectivity index (χ2v) is 7.49. The molecule has 0 bridgehead atoms. The fourth-order valence-electron chi connectivity index (χ4n) is 2.03. The number of hydrogen-bond donors (Lipinski definition) is 0. The van der Waals surface area contributed by atoms with Crippen LogP contribution in [0.25, 0.3) is 20.7 Å². The van der Waals surface area contributed by atoms with Gasteiger partial charge in [-0.05, 0) is 18.2 Å². The van der Waals surface area contributed by atoms with Gasteiger partial charge in [0.05, 0.1) is 16.0 Å². The molecule has 2 heterocycles. The zero-order chi connectivity index (χ0) is 15.9. The Morgan fingerprint density at radius 1 is 1.23 bits per heavy atom. The third kappa shape index (κ3) is 2.44. The van der Waals surface area contributed by atoms with E-state index < -0.39 is 14.8 Å². The van der Waals surface area contributed by atoms with Crippen LogP contribution in [-0.2, 0) is 9.84 Å². The number of aromatic nitrogens is 2. The van der Waals surface area contributed by atoms with Crippen molar-refractivity contribution in [2.75, 3.05) is 6.26 Å². The third-order valence-corrected chi connectivity index (χ3v) is 4.99. The monoisotopic (exact) mass is 335 g/mol. The van der Waals surface area contributed by atoms with Crippen LogP contribution in [0.3, 0.4) is 0 Å². The van der Waals surface area contributed by atoms with E-state index in [2.05, 4.69) is 9.97 Å². The van der Waals surface area contributed by atoms with Gasteiger partial charge in [0, 0.05) is 17.2 Å². The number of sulfone groups is 1. The average molecular weight is 335 g/mol. The highest BCUT2D eigenvalue weighted by Gasteiger charge is 2.25. The van der Waals surface area contributed by atoms with Gasteiger partial charge < -0.3 is 0 Å².